The summed E-state index contributed by atoms with van der Waals surface area (Å²) in [6.07, 6.45) is 5.50. The van der Waals surface area contributed by atoms with Gasteiger partial charge in [0, 0.05) is 29.2 Å². The van der Waals surface area contributed by atoms with Crippen molar-refractivity contribution in [2.45, 2.75) is 77.9 Å². The van der Waals surface area contributed by atoms with Gasteiger partial charge in [0.15, 0.2) is 5.11 Å². The fourth-order valence-electron chi connectivity index (χ4n) is 4.14. The molecule has 2 heterocycles. The summed E-state index contributed by atoms with van der Waals surface area (Å²) >= 11 is 5.77. The van der Waals surface area contributed by atoms with Gasteiger partial charge in [0.1, 0.15) is 0 Å². The number of hydrogen-bond donors (Lipinski definition) is 2. The molecule has 0 spiro atoms. The minimum Gasteiger partial charge on any atom is -0.353 e. The van der Waals surface area contributed by atoms with E-state index in [1.807, 2.05) is 20.8 Å². The average molecular weight is 374 g/mol. The Morgan fingerprint density at radius 1 is 1.19 bits per heavy atom. The number of carbonyl (C=O) groups is 1. The first-order valence-corrected chi connectivity index (χ1v) is 10.1. The van der Waals surface area contributed by atoms with Crippen molar-refractivity contribution >= 4 is 28.9 Å². The third kappa shape index (κ3) is 4.37. The van der Waals surface area contributed by atoms with Crippen LogP contribution >= 0.6 is 12.2 Å². The van der Waals surface area contributed by atoms with E-state index in [0.717, 1.165) is 36.5 Å². The average Bonchev–Trinajstić information content (AvgIpc) is 2.53. The highest BCUT2D eigenvalue weighted by Gasteiger charge is 2.40. The molecule has 2 aliphatic rings. The lowest BCUT2D eigenvalue weighted by molar-refractivity contribution is -0.129. The largest absolute Gasteiger partial charge is 0.353 e. The van der Waals surface area contributed by atoms with Crippen LogP contribution in [0.15, 0.2) is 24.3 Å². The van der Waals surface area contributed by atoms with Crippen LogP contribution in [0.1, 0.15) is 58.4 Å². The van der Waals surface area contributed by atoms with Crippen LogP contribution in [-0.2, 0) is 4.79 Å². The summed E-state index contributed by atoms with van der Waals surface area (Å²) in [6.45, 7) is 8.00. The van der Waals surface area contributed by atoms with Gasteiger partial charge in [-0.05, 0) is 68.9 Å². The third-order valence-corrected chi connectivity index (χ3v) is 5.81. The molecule has 0 aromatic heterocycles. The summed E-state index contributed by atoms with van der Waals surface area (Å²) in [4.78, 5) is 14.8. The molecular formula is C21H31N3OS. The molecule has 2 saturated heterocycles. The van der Waals surface area contributed by atoms with E-state index in [-0.39, 0.29) is 17.4 Å². The smallest absolute Gasteiger partial charge is 0.225 e. The fourth-order valence-corrected chi connectivity index (χ4v) is 4.56. The fraction of sp³-hybridized carbons (Fsp3) is 0.619. The number of carbonyl (C=O) groups excluding carboxylic acids is 1. The Morgan fingerprint density at radius 3 is 2.42 bits per heavy atom. The molecule has 2 unspecified atom stereocenters. The van der Waals surface area contributed by atoms with Gasteiger partial charge in [0.05, 0.1) is 0 Å². The molecule has 26 heavy (non-hydrogen) atoms. The van der Waals surface area contributed by atoms with Crippen LogP contribution in [-0.4, -0.2) is 34.0 Å². The van der Waals surface area contributed by atoms with E-state index in [9.17, 15) is 4.79 Å². The van der Waals surface area contributed by atoms with Crippen LogP contribution < -0.4 is 10.6 Å². The highest BCUT2D eigenvalue weighted by molar-refractivity contribution is 7.80. The van der Waals surface area contributed by atoms with Gasteiger partial charge >= 0.3 is 0 Å². The molecule has 1 aromatic carbocycles. The minimum atomic E-state index is -0.339. The van der Waals surface area contributed by atoms with Gasteiger partial charge < -0.3 is 15.5 Å². The molecule has 0 aliphatic carbocycles. The molecule has 1 aromatic rings. The van der Waals surface area contributed by atoms with Crippen molar-refractivity contribution in [3.05, 3.63) is 29.8 Å². The van der Waals surface area contributed by atoms with Crippen LogP contribution in [0, 0.1) is 12.3 Å². The molecule has 2 bridgehead atoms. The van der Waals surface area contributed by atoms with Gasteiger partial charge in [0.25, 0.3) is 0 Å². The molecule has 0 saturated carbocycles. The molecule has 1 amide bonds. The summed E-state index contributed by atoms with van der Waals surface area (Å²) < 4.78 is 0. The number of rotatable bonds is 2. The topological polar surface area (TPSA) is 44.4 Å². The molecule has 142 valence electrons. The predicted octanol–water partition coefficient (Wildman–Crippen LogP) is 4.24. The molecule has 4 nitrogen and oxygen atoms in total. The number of aryl methyl sites for hydroxylation is 1. The minimum absolute atomic E-state index is 0.148. The summed E-state index contributed by atoms with van der Waals surface area (Å²) in [7, 11) is 0. The van der Waals surface area contributed by atoms with Crippen molar-refractivity contribution in [2.24, 2.45) is 5.41 Å². The van der Waals surface area contributed by atoms with Gasteiger partial charge in [-0.3, -0.25) is 4.79 Å². The Kier molecular flexibility index (Phi) is 5.56. The van der Waals surface area contributed by atoms with Crippen molar-refractivity contribution in [3.63, 3.8) is 0 Å². The zero-order valence-electron chi connectivity index (χ0n) is 16.3. The molecule has 2 fully saturated rings. The van der Waals surface area contributed by atoms with E-state index in [1.54, 1.807) is 0 Å². The van der Waals surface area contributed by atoms with Crippen LogP contribution in [0.4, 0.5) is 5.69 Å². The van der Waals surface area contributed by atoms with Crippen molar-refractivity contribution in [1.82, 2.24) is 10.2 Å². The van der Waals surface area contributed by atoms with Gasteiger partial charge in [0.2, 0.25) is 5.91 Å². The number of thiocarbonyl (C=S) groups is 1. The highest BCUT2D eigenvalue weighted by atomic mass is 32.1. The van der Waals surface area contributed by atoms with Gasteiger partial charge in [-0.15, -0.1) is 0 Å². The Hall–Kier alpha value is -1.62. The molecular weight excluding hydrogens is 342 g/mol. The van der Waals surface area contributed by atoms with Crippen molar-refractivity contribution in [1.29, 1.82) is 0 Å². The van der Waals surface area contributed by atoms with Gasteiger partial charge in [-0.25, -0.2) is 0 Å². The van der Waals surface area contributed by atoms with Crippen molar-refractivity contribution in [3.8, 4) is 0 Å². The SMILES string of the molecule is Cc1cccc(NC(=S)N2C3CCCC2CC(NC(=O)C(C)(C)C)C3)c1. The standard InChI is InChI=1S/C21H31N3OS/c1-14-7-5-8-15(11-14)23-20(26)24-17-9-6-10-18(24)13-16(12-17)22-19(25)21(2,3)4/h5,7-8,11,16-18H,6,9-10,12-13H2,1-4H3,(H,22,25)(H,23,26). The number of amides is 1. The molecule has 2 N–H and O–H groups in total. The maximum atomic E-state index is 12.4. The number of benzene rings is 1. The zero-order chi connectivity index (χ0) is 18.9. The Balaban J connectivity index is 1.67. The first-order chi connectivity index (χ1) is 12.2. The molecule has 0 radical (unpaired) electrons. The molecule has 2 atom stereocenters. The normalized spacial score (nSPS) is 25.5. The third-order valence-electron chi connectivity index (χ3n) is 5.49. The van der Waals surface area contributed by atoms with Crippen molar-refractivity contribution in [2.75, 3.05) is 5.32 Å². The summed E-state index contributed by atoms with van der Waals surface area (Å²) in [5.74, 6) is 0.148. The van der Waals surface area contributed by atoms with Crippen molar-refractivity contribution < 1.29 is 4.79 Å². The highest BCUT2D eigenvalue weighted by Crippen LogP contribution is 2.35. The number of nitrogens with one attached hydrogen (secondary N) is 2. The van der Waals surface area contributed by atoms with Crippen LogP contribution in [0.2, 0.25) is 0 Å². The van der Waals surface area contributed by atoms with Crippen LogP contribution in [0.25, 0.3) is 0 Å². The lowest BCUT2D eigenvalue weighted by Gasteiger charge is -2.50. The number of piperidine rings is 2. The second-order valence-corrected chi connectivity index (χ2v) is 9.22. The van der Waals surface area contributed by atoms with E-state index in [4.69, 9.17) is 12.2 Å². The first-order valence-electron chi connectivity index (χ1n) is 9.71. The monoisotopic (exact) mass is 373 g/mol. The quantitative estimate of drug-likeness (QED) is 0.761. The van der Waals surface area contributed by atoms with E-state index < -0.39 is 0 Å². The van der Waals surface area contributed by atoms with Crippen LogP contribution in [0.3, 0.4) is 0 Å². The zero-order valence-corrected chi connectivity index (χ0v) is 17.2. The Bertz CT molecular complexity index is 668. The molecule has 2 aliphatic heterocycles. The van der Waals surface area contributed by atoms with Gasteiger partial charge in [-0.2, -0.15) is 0 Å². The lowest BCUT2D eigenvalue weighted by atomic mass is 9.81. The van der Waals surface area contributed by atoms with E-state index in [2.05, 4.69) is 46.7 Å². The second kappa shape index (κ2) is 7.55. The van der Waals surface area contributed by atoms with E-state index in [1.165, 1.54) is 12.0 Å². The van der Waals surface area contributed by atoms with Crippen LogP contribution in [0.5, 0.6) is 0 Å². The number of hydrogen-bond acceptors (Lipinski definition) is 2. The van der Waals surface area contributed by atoms with E-state index >= 15 is 0 Å². The number of nitrogens with zero attached hydrogens (tertiary/aromatic N) is 1. The summed E-state index contributed by atoms with van der Waals surface area (Å²) in [6, 6.07) is 9.41. The summed E-state index contributed by atoms with van der Waals surface area (Å²) in [5.41, 5.74) is 1.94. The Labute approximate surface area is 162 Å². The lowest BCUT2D eigenvalue weighted by Crippen LogP contribution is -2.60. The number of fused-ring (bicyclic) bond motifs is 2. The molecule has 5 heteroatoms. The van der Waals surface area contributed by atoms with Gasteiger partial charge in [-0.1, -0.05) is 32.9 Å². The predicted molar refractivity (Wildman–Crippen MR) is 111 cm³/mol. The second-order valence-electron chi connectivity index (χ2n) is 8.84. The van der Waals surface area contributed by atoms with E-state index in [0.29, 0.717) is 12.1 Å². The molecule has 3 rings (SSSR count). The first kappa shape index (κ1) is 19.2. The summed E-state index contributed by atoms with van der Waals surface area (Å²) in [5, 5.41) is 7.53. The number of anilines is 1. The maximum absolute atomic E-state index is 12.4. The Morgan fingerprint density at radius 2 is 1.85 bits per heavy atom. The maximum Gasteiger partial charge on any atom is 0.225 e.